The smallest absolute Gasteiger partial charge is 0.408 e. The highest BCUT2D eigenvalue weighted by Gasteiger charge is 2.39. The summed E-state index contributed by atoms with van der Waals surface area (Å²) in [4.78, 5) is 96.2. The molecule has 0 spiro atoms. The molecule has 3 rings (SSSR count). The zero-order chi connectivity index (χ0) is 41.6. The van der Waals surface area contributed by atoms with Gasteiger partial charge in [-0.3, -0.25) is 28.8 Å². The van der Waals surface area contributed by atoms with Crippen LogP contribution in [0.5, 0.6) is 0 Å². The van der Waals surface area contributed by atoms with Crippen LogP contribution in [-0.4, -0.2) is 132 Å². The number of carbonyl (C=O) groups is 7. The van der Waals surface area contributed by atoms with Crippen molar-refractivity contribution in [2.24, 2.45) is 5.92 Å². The molecule has 0 radical (unpaired) electrons. The van der Waals surface area contributed by atoms with Gasteiger partial charge in [0.05, 0.1) is 13.1 Å². The van der Waals surface area contributed by atoms with E-state index in [1.54, 1.807) is 32.9 Å². The van der Waals surface area contributed by atoms with E-state index < -0.39 is 77.8 Å². The fourth-order valence-electron chi connectivity index (χ4n) is 6.61. The fourth-order valence-corrected chi connectivity index (χ4v) is 7.02. The number of hydrogen-bond acceptors (Lipinski definition) is 9. The van der Waals surface area contributed by atoms with Gasteiger partial charge in [-0.15, -0.1) is 23.2 Å². The number of carbonyl (C=O) groups excluding carboxylic acids is 7. The zero-order valence-electron chi connectivity index (χ0n) is 33.3. The Morgan fingerprint density at radius 3 is 1.98 bits per heavy atom. The number of rotatable bonds is 18. The molecule has 312 valence electrons. The number of anilines is 2. The molecule has 2 fully saturated rings. The van der Waals surface area contributed by atoms with Crippen molar-refractivity contribution in [1.82, 2.24) is 31.1 Å². The first kappa shape index (κ1) is 46.1. The predicted octanol–water partition coefficient (Wildman–Crippen LogP) is 2.57. The van der Waals surface area contributed by atoms with Crippen LogP contribution in [0.1, 0.15) is 73.6 Å². The molecule has 1 aromatic carbocycles. The molecular formula is C38H58Cl2N8O8. The molecule has 4 atom stereocenters. The molecule has 2 heterocycles. The molecule has 0 unspecified atom stereocenters. The summed E-state index contributed by atoms with van der Waals surface area (Å²) in [6, 6.07) is 3.57. The van der Waals surface area contributed by atoms with Crippen LogP contribution in [0.3, 0.4) is 0 Å². The maximum Gasteiger partial charge on any atom is 0.408 e. The van der Waals surface area contributed by atoms with Crippen molar-refractivity contribution >= 4 is 76.1 Å². The number of benzene rings is 1. The minimum Gasteiger partial charge on any atom is -0.444 e. The Morgan fingerprint density at radius 2 is 1.41 bits per heavy atom. The summed E-state index contributed by atoms with van der Waals surface area (Å²) in [5, 5.41) is 13.3. The number of hydrogen-bond donors (Lipinski definition) is 5. The third-order valence-electron chi connectivity index (χ3n) is 9.22. The lowest BCUT2D eigenvalue weighted by Crippen LogP contribution is -2.56. The summed E-state index contributed by atoms with van der Waals surface area (Å²) in [5.74, 6) is -2.07. The predicted molar refractivity (Wildman–Crippen MR) is 214 cm³/mol. The largest absolute Gasteiger partial charge is 0.444 e. The van der Waals surface area contributed by atoms with Crippen LogP contribution in [0.15, 0.2) is 24.3 Å². The highest BCUT2D eigenvalue weighted by Crippen LogP contribution is 2.21. The molecule has 5 N–H and O–H groups in total. The van der Waals surface area contributed by atoms with Crippen molar-refractivity contribution < 1.29 is 38.3 Å². The first-order valence-electron chi connectivity index (χ1n) is 19.2. The molecule has 0 aliphatic carbocycles. The number of ether oxygens (including phenoxy) is 1. The zero-order valence-corrected chi connectivity index (χ0v) is 34.8. The van der Waals surface area contributed by atoms with Gasteiger partial charge in [-0.25, -0.2) is 4.79 Å². The van der Waals surface area contributed by atoms with E-state index in [2.05, 4.69) is 26.6 Å². The lowest BCUT2D eigenvalue weighted by Gasteiger charge is -2.29. The Morgan fingerprint density at radius 1 is 0.821 bits per heavy atom. The van der Waals surface area contributed by atoms with E-state index in [1.165, 1.54) is 16.7 Å². The summed E-state index contributed by atoms with van der Waals surface area (Å²) >= 11 is 11.8. The number of alkyl halides is 2. The van der Waals surface area contributed by atoms with Gasteiger partial charge in [0.25, 0.3) is 0 Å². The number of amides is 7. The number of alkyl carbamates (subject to hydrolysis) is 1. The molecule has 0 bridgehead atoms. The number of nitrogens with one attached hydrogen (secondary N) is 5. The monoisotopic (exact) mass is 824 g/mol. The second-order valence-electron chi connectivity index (χ2n) is 15.4. The lowest BCUT2D eigenvalue weighted by atomic mass is 10.0. The first-order valence-corrected chi connectivity index (χ1v) is 20.2. The van der Waals surface area contributed by atoms with Crippen molar-refractivity contribution in [2.75, 3.05) is 61.2 Å². The van der Waals surface area contributed by atoms with E-state index in [-0.39, 0.29) is 18.9 Å². The van der Waals surface area contributed by atoms with Crippen molar-refractivity contribution in [3.63, 3.8) is 0 Å². The fraction of sp³-hybridized carbons (Fsp3) is 0.658. The Bertz CT molecular complexity index is 1530. The van der Waals surface area contributed by atoms with Crippen molar-refractivity contribution in [3.8, 4) is 0 Å². The summed E-state index contributed by atoms with van der Waals surface area (Å²) in [6.07, 6.45) is 1.41. The third-order valence-corrected chi connectivity index (χ3v) is 9.56. The van der Waals surface area contributed by atoms with Crippen LogP contribution in [0.25, 0.3) is 0 Å². The topological polar surface area (TPSA) is 199 Å². The first-order chi connectivity index (χ1) is 26.4. The third kappa shape index (κ3) is 14.3. The van der Waals surface area contributed by atoms with Gasteiger partial charge < -0.3 is 46.0 Å². The Kier molecular flexibility index (Phi) is 18.0. The summed E-state index contributed by atoms with van der Waals surface area (Å²) < 4.78 is 5.24. The normalized spacial score (nSPS) is 17.8. The number of likely N-dealkylation sites (tertiary alicyclic amines) is 2. The van der Waals surface area contributed by atoms with Crippen molar-refractivity contribution in [1.29, 1.82) is 0 Å². The van der Waals surface area contributed by atoms with Crippen molar-refractivity contribution in [3.05, 3.63) is 24.3 Å². The SMILES string of the molecule is CC(C)C[C@H](NC(=O)[C@@H]1CCCN1C(=O)[C@@H](C)NC(=O)OC(C)(C)C)C(=O)NCC(=O)N1CCC[C@H]1C(=O)NCC(=O)Nc1ccc(N(CCCl)CCCl)cc1. The molecule has 0 saturated carbocycles. The number of nitrogens with zero attached hydrogens (tertiary/aromatic N) is 3. The van der Waals surface area contributed by atoms with Gasteiger partial charge in [-0.1, -0.05) is 13.8 Å². The molecule has 2 saturated heterocycles. The molecule has 56 heavy (non-hydrogen) atoms. The molecule has 7 amide bonds. The molecule has 2 aliphatic heterocycles. The highest BCUT2D eigenvalue weighted by molar-refractivity contribution is 6.18. The van der Waals surface area contributed by atoms with Crippen LogP contribution in [0.4, 0.5) is 16.2 Å². The van der Waals surface area contributed by atoms with E-state index in [1.807, 2.05) is 30.9 Å². The van der Waals surface area contributed by atoms with Gasteiger partial charge in [0.15, 0.2) is 0 Å². The average molecular weight is 826 g/mol. The summed E-state index contributed by atoms with van der Waals surface area (Å²) in [5.41, 5.74) is 0.700. The second-order valence-corrected chi connectivity index (χ2v) is 16.1. The van der Waals surface area contributed by atoms with Crippen LogP contribution < -0.4 is 31.5 Å². The maximum atomic E-state index is 13.5. The van der Waals surface area contributed by atoms with E-state index in [4.69, 9.17) is 27.9 Å². The Balaban J connectivity index is 1.51. The molecule has 0 aromatic heterocycles. The molecule has 16 nitrogen and oxygen atoms in total. The van der Waals surface area contributed by atoms with E-state index in [9.17, 15) is 33.6 Å². The highest BCUT2D eigenvalue weighted by atomic mass is 35.5. The van der Waals surface area contributed by atoms with Crippen LogP contribution in [0.2, 0.25) is 0 Å². The van der Waals surface area contributed by atoms with Gasteiger partial charge in [0.1, 0.15) is 29.8 Å². The number of halogens is 2. The quantitative estimate of drug-likeness (QED) is 0.138. The van der Waals surface area contributed by atoms with Crippen LogP contribution in [-0.2, 0) is 33.5 Å². The maximum absolute atomic E-state index is 13.5. The molecule has 18 heteroatoms. The molecule has 1 aromatic rings. The van der Waals surface area contributed by atoms with E-state index in [0.717, 1.165) is 5.69 Å². The minimum absolute atomic E-state index is 0.00290. The summed E-state index contributed by atoms with van der Waals surface area (Å²) in [6.45, 7) is 11.6. The standard InChI is InChI=1S/C38H58Cl2N8O8/c1-24(2)21-28(45-35(53)30-10-8-18-48(30)36(54)25(3)43-37(55)56-38(4,5)6)33(51)42-23-32(50)47-17-7-9-29(47)34(52)41-22-31(49)44-26-11-13-27(14-12-26)46(19-15-39)20-16-40/h11-14,24-25,28-30H,7-10,15-23H2,1-6H3,(H,41,52)(H,42,51)(H,43,55)(H,44,49)(H,45,53)/t25-,28+,29+,30+/m1/s1. The Hall–Kier alpha value is -4.31. The van der Waals surface area contributed by atoms with Gasteiger partial charge in [-0.2, -0.15) is 0 Å². The minimum atomic E-state index is -0.993. The van der Waals surface area contributed by atoms with Crippen LogP contribution >= 0.6 is 23.2 Å². The van der Waals surface area contributed by atoms with Gasteiger partial charge in [0.2, 0.25) is 35.4 Å². The Labute approximate surface area is 339 Å². The van der Waals surface area contributed by atoms with E-state index in [0.29, 0.717) is 69.3 Å². The lowest BCUT2D eigenvalue weighted by molar-refractivity contribution is -0.141. The summed E-state index contributed by atoms with van der Waals surface area (Å²) in [7, 11) is 0. The van der Waals surface area contributed by atoms with Gasteiger partial charge in [0, 0.05) is 49.3 Å². The van der Waals surface area contributed by atoms with Gasteiger partial charge >= 0.3 is 6.09 Å². The van der Waals surface area contributed by atoms with Crippen molar-refractivity contribution in [2.45, 2.75) is 103 Å². The van der Waals surface area contributed by atoms with E-state index >= 15 is 0 Å². The van der Waals surface area contributed by atoms with Crippen LogP contribution in [0, 0.1) is 5.92 Å². The molecule has 2 aliphatic rings. The average Bonchev–Trinajstić information content (AvgIpc) is 3.82. The van der Waals surface area contributed by atoms with Gasteiger partial charge in [-0.05, 0) is 90.0 Å². The molecular weight excluding hydrogens is 767 g/mol. The second kappa shape index (κ2) is 21.8.